The van der Waals surface area contributed by atoms with Crippen LogP contribution in [-0.2, 0) is 5.41 Å². The molecule has 0 N–H and O–H groups in total. The van der Waals surface area contributed by atoms with Gasteiger partial charge in [-0.15, -0.1) is 0 Å². The van der Waals surface area contributed by atoms with Gasteiger partial charge in [-0.25, -0.2) is 0 Å². The van der Waals surface area contributed by atoms with E-state index in [9.17, 15) is 0 Å². The van der Waals surface area contributed by atoms with Crippen molar-refractivity contribution in [1.82, 2.24) is 4.57 Å². The minimum Gasteiger partial charge on any atom is -0.334 e. The van der Waals surface area contributed by atoms with Gasteiger partial charge in [-0.3, -0.25) is 0 Å². The molecule has 3 aliphatic carbocycles. The number of nitrogens with zero attached hydrogens (tertiary/aromatic N) is 2. The summed E-state index contributed by atoms with van der Waals surface area (Å²) in [5.74, 6) is 2.18. The Morgan fingerprint density at radius 1 is 0.564 bits per heavy atom. The van der Waals surface area contributed by atoms with Crippen molar-refractivity contribution < 1.29 is 0 Å². The van der Waals surface area contributed by atoms with E-state index >= 15 is 0 Å². The average molecular weight is 713 g/mol. The summed E-state index contributed by atoms with van der Waals surface area (Å²) in [4.78, 5) is 2.57. The fraction of sp³-hybridized carbons (Fsp3) is 0.208. The van der Waals surface area contributed by atoms with Crippen molar-refractivity contribution >= 4 is 33.2 Å². The van der Waals surface area contributed by atoms with E-state index in [0.29, 0.717) is 23.7 Å². The fourth-order valence-electron chi connectivity index (χ4n) is 10.1. The van der Waals surface area contributed by atoms with Crippen molar-refractivity contribution in [3.8, 4) is 27.9 Å². The average Bonchev–Trinajstić information content (AvgIpc) is 3.66. The molecular formula is C53H48N2. The molecule has 2 nitrogen and oxygen atoms in total. The van der Waals surface area contributed by atoms with Crippen LogP contribution in [0.4, 0.5) is 11.4 Å². The molecule has 5 unspecified atom stereocenters. The molecule has 10 rings (SSSR count). The van der Waals surface area contributed by atoms with E-state index in [2.05, 4.69) is 213 Å². The first-order valence-electron chi connectivity index (χ1n) is 20.1. The Kier molecular flexibility index (Phi) is 8.06. The van der Waals surface area contributed by atoms with Gasteiger partial charge in [-0.2, -0.15) is 0 Å². The molecule has 0 amide bonds. The van der Waals surface area contributed by atoms with Gasteiger partial charge in [0.25, 0.3) is 0 Å². The fourth-order valence-corrected chi connectivity index (χ4v) is 10.1. The number of allylic oxidation sites excluding steroid dienone is 4. The largest absolute Gasteiger partial charge is 0.334 e. The molecule has 1 aromatic heterocycles. The topological polar surface area (TPSA) is 8.17 Å². The summed E-state index contributed by atoms with van der Waals surface area (Å²) in [6, 6.07) is 52.2. The predicted octanol–water partition coefficient (Wildman–Crippen LogP) is 14.0. The predicted molar refractivity (Wildman–Crippen MR) is 234 cm³/mol. The highest BCUT2D eigenvalue weighted by molar-refractivity contribution is 6.10. The van der Waals surface area contributed by atoms with Gasteiger partial charge in [0.15, 0.2) is 0 Å². The Hall–Kier alpha value is -5.86. The summed E-state index contributed by atoms with van der Waals surface area (Å²) < 4.78 is 2.40. The Labute approximate surface area is 325 Å². The number of benzene rings is 6. The van der Waals surface area contributed by atoms with Crippen LogP contribution < -0.4 is 4.90 Å². The Balaban J connectivity index is 1.02. The van der Waals surface area contributed by atoms with Crippen molar-refractivity contribution in [2.45, 2.75) is 51.5 Å². The zero-order valence-corrected chi connectivity index (χ0v) is 32.2. The Morgan fingerprint density at radius 2 is 1.22 bits per heavy atom. The van der Waals surface area contributed by atoms with Crippen LogP contribution in [0.15, 0.2) is 176 Å². The molecule has 270 valence electrons. The van der Waals surface area contributed by atoms with Crippen molar-refractivity contribution in [3.05, 3.63) is 187 Å². The van der Waals surface area contributed by atoms with Crippen LogP contribution in [0.2, 0.25) is 0 Å². The molecule has 55 heavy (non-hydrogen) atoms. The molecule has 0 radical (unpaired) electrons. The van der Waals surface area contributed by atoms with Crippen LogP contribution in [0.25, 0.3) is 49.7 Å². The number of para-hydroxylation sites is 1. The Bertz CT molecular complexity index is 2630. The first kappa shape index (κ1) is 33.7. The maximum Gasteiger partial charge on any atom is 0.0585 e. The number of anilines is 2. The van der Waals surface area contributed by atoms with E-state index in [0.717, 1.165) is 0 Å². The van der Waals surface area contributed by atoms with Gasteiger partial charge < -0.3 is 9.47 Å². The zero-order valence-electron chi connectivity index (χ0n) is 32.2. The summed E-state index contributed by atoms with van der Waals surface area (Å²) in [7, 11) is 0. The monoisotopic (exact) mass is 712 g/mol. The van der Waals surface area contributed by atoms with Gasteiger partial charge in [-0.1, -0.05) is 149 Å². The smallest absolute Gasteiger partial charge is 0.0585 e. The molecule has 0 aliphatic heterocycles. The molecule has 2 heteroatoms. The highest BCUT2D eigenvalue weighted by Gasteiger charge is 2.46. The molecule has 5 atom stereocenters. The number of fused-ring (bicyclic) bond motifs is 6. The van der Waals surface area contributed by atoms with Gasteiger partial charge >= 0.3 is 0 Å². The Morgan fingerprint density at radius 3 is 2.02 bits per heavy atom. The summed E-state index contributed by atoms with van der Waals surface area (Å²) in [5.41, 5.74) is 14.2. The summed E-state index contributed by atoms with van der Waals surface area (Å²) in [6.07, 6.45) is 15.3. The first-order valence-corrected chi connectivity index (χ1v) is 20.1. The van der Waals surface area contributed by atoms with Crippen LogP contribution in [0, 0.1) is 17.8 Å². The maximum absolute atomic E-state index is 2.57. The maximum atomic E-state index is 2.57. The van der Waals surface area contributed by atoms with E-state index in [4.69, 9.17) is 0 Å². The second kappa shape index (κ2) is 13.2. The minimum absolute atomic E-state index is 0.101. The zero-order chi connectivity index (χ0) is 37.3. The lowest BCUT2D eigenvalue weighted by atomic mass is 9.71. The molecule has 0 spiro atoms. The molecule has 0 bridgehead atoms. The SMILES string of the molecule is CC1C=CC2C(C1)c1ccc(N(c3ccc(-c4ccc5c(c4)c4ccccc4n5-c4ccc(-c5ccccc5)cc4)cc3)C3C=CC=CC3C)cc1C2(C)C. The molecule has 0 fully saturated rings. The summed E-state index contributed by atoms with van der Waals surface area (Å²) >= 11 is 0. The third-order valence-corrected chi connectivity index (χ3v) is 13.0. The van der Waals surface area contributed by atoms with E-state index < -0.39 is 0 Å². The van der Waals surface area contributed by atoms with Gasteiger partial charge in [0.2, 0.25) is 0 Å². The second-order valence-corrected chi connectivity index (χ2v) is 16.8. The normalized spacial score (nSPS) is 22.2. The lowest BCUT2D eigenvalue weighted by Crippen LogP contribution is -2.35. The van der Waals surface area contributed by atoms with E-state index in [1.807, 2.05) is 0 Å². The van der Waals surface area contributed by atoms with Crippen molar-refractivity contribution in [2.75, 3.05) is 4.90 Å². The van der Waals surface area contributed by atoms with Crippen LogP contribution in [0.5, 0.6) is 0 Å². The standard InChI is InChI=1S/C53H48N2/c1-35-18-30-48-46(32-35)44-29-28-43(34-49(44)53(48,3)4)54(50-16-10-8-12-36(50)2)41-24-21-39(22-25-41)40-23-31-52-47(33-40)45-15-9-11-17-51(45)55(52)42-26-19-38(20-27-42)37-13-6-5-7-14-37/h5-31,33-36,46,48,50H,32H2,1-4H3. The summed E-state index contributed by atoms with van der Waals surface area (Å²) in [5, 5.41) is 2.54. The second-order valence-electron chi connectivity index (χ2n) is 16.8. The third-order valence-electron chi connectivity index (χ3n) is 13.0. The van der Waals surface area contributed by atoms with Crippen molar-refractivity contribution in [2.24, 2.45) is 17.8 Å². The van der Waals surface area contributed by atoms with Crippen LogP contribution in [-0.4, -0.2) is 10.6 Å². The number of hydrogen-bond donors (Lipinski definition) is 0. The lowest BCUT2D eigenvalue weighted by Gasteiger charge is -2.37. The molecule has 1 heterocycles. The van der Waals surface area contributed by atoms with Gasteiger partial charge in [0.05, 0.1) is 17.1 Å². The highest BCUT2D eigenvalue weighted by Crippen LogP contribution is 2.56. The van der Waals surface area contributed by atoms with Crippen molar-refractivity contribution in [3.63, 3.8) is 0 Å². The molecule has 3 aliphatic rings. The van der Waals surface area contributed by atoms with Crippen LogP contribution >= 0.6 is 0 Å². The van der Waals surface area contributed by atoms with E-state index in [1.54, 1.807) is 5.56 Å². The quantitative estimate of drug-likeness (QED) is 0.156. The molecular weight excluding hydrogens is 665 g/mol. The minimum atomic E-state index is 0.101. The number of hydrogen-bond acceptors (Lipinski definition) is 1. The molecule has 6 aromatic carbocycles. The number of rotatable bonds is 6. The first-order chi connectivity index (χ1) is 26.8. The molecule has 0 saturated carbocycles. The van der Waals surface area contributed by atoms with Gasteiger partial charge in [-0.05, 0) is 123 Å². The highest BCUT2D eigenvalue weighted by atomic mass is 15.2. The third kappa shape index (κ3) is 5.61. The number of aromatic nitrogens is 1. The molecule has 0 saturated heterocycles. The van der Waals surface area contributed by atoms with Crippen LogP contribution in [0.3, 0.4) is 0 Å². The summed E-state index contributed by atoms with van der Waals surface area (Å²) in [6.45, 7) is 9.63. The molecule has 7 aromatic rings. The van der Waals surface area contributed by atoms with E-state index in [1.165, 1.54) is 73.1 Å². The van der Waals surface area contributed by atoms with Gasteiger partial charge in [0, 0.05) is 27.8 Å². The van der Waals surface area contributed by atoms with Crippen molar-refractivity contribution in [1.29, 1.82) is 0 Å². The van der Waals surface area contributed by atoms with Crippen LogP contribution in [0.1, 0.15) is 51.2 Å². The van der Waals surface area contributed by atoms with Gasteiger partial charge in [0.1, 0.15) is 0 Å². The lowest BCUT2D eigenvalue weighted by molar-refractivity contribution is 0.325. The van der Waals surface area contributed by atoms with E-state index in [-0.39, 0.29) is 11.5 Å².